The van der Waals surface area contributed by atoms with Crippen LogP contribution in [-0.2, 0) is 19.1 Å². The van der Waals surface area contributed by atoms with Crippen LogP contribution >= 0.6 is 0 Å². The lowest BCUT2D eigenvalue weighted by atomic mass is 10.1. The summed E-state index contributed by atoms with van der Waals surface area (Å²) in [6, 6.07) is 0. The Kier molecular flexibility index (Phi) is 61.1. The van der Waals surface area contributed by atoms with E-state index in [0.717, 1.165) is 161 Å². The summed E-state index contributed by atoms with van der Waals surface area (Å²) >= 11 is 0. The second-order valence-electron chi connectivity index (χ2n) is 19.3. The minimum absolute atomic E-state index is 0.101. The molecule has 1 unspecified atom stereocenters. The minimum atomic E-state index is -0.809. The number of hydrogen-bond donors (Lipinski definition) is 1. The van der Waals surface area contributed by atoms with Crippen LogP contribution in [0.1, 0.15) is 219 Å². The molecule has 0 heterocycles. The van der Waals surface area contributed by atoms with Gasteiger partial charge in [0.25, 0.3) is 0 Å². The van der Waals surface area contributed by atoms with E-state index >= 15 is 0 Å². The number of aliphatic hydroxyl groups excluding tert-OH is 1. The molecule has 0 saturated heterocycles. The molecule has 432 valence electrons. The normalized spacial score (nSPS) is 13.7. The predicted octanol–water partition coefficient (Wildman–Crippen LogP) is 21.4. The number of unbranched alkanes of at least 4 members (excludes halogenated alkanes) is 11. The maximum atomic E-state index is 12.3. The molecule has 0 aliphatic heterocycles. The highest BCUT2D eigenvalue weighted by Crippen LogP contribution is 2.13. The zero-order valence-electron chi connectivity index (χ0n) is 49.3. The standard InChI is InChI=1S/C73H110O5/c1-3-5-7-9-11-13-15-17-19-21-23-25-27-29-30-31-32-33-34-35-36-37-38-39-40-41-42-44-46-48-50-52-54-56-58-60-62-64-66-68-73(76)78-71(69-74)70-77-72(75)67-65-63-61-59-57-55-53-51-49-47-45-43-28-26-24-22-20-18-16-14-12-10-8-6-4-2/h5-8,11-14,17-20,23-26,29-30,32-33,35-36,38-39,41-43,45-46,48-49,51,55,57,71,74H,3-4,9-10,15-16,21-22,27-28,31,34,37,40,44,47,50,52-54,56,58-70H2,1-2H3/b7-5-,8-6-,13-11-,14-12-,19-17-,20-18-,25-23-,26-24-,30-29-,33-32-,36-35-,39-38-,42-41-,45-43-,48-46-,51-49-,57-55-. The third-order valence-corrected chi connectivity index (χ3v) is 12.1. The third-order valence-electron chi connectivity index (χ3n) is 12.1. The van der Waals surface area contributed by atoms with Crippen molar-refractivity contribution in [3.63, 3.8) is 0 Å². The van der Waals surface area contributed by atoms with E-state index < -0.39 is 6.10 Å². The van der Waals surface area contributed by atoms with E-state index in [0.29, 0.717) is 12.8 Å². The fourth-order valence-electron chi connectivity index (χ4n) is 7.56. The van der Waals surface area contributed by atoms with Gasteiger partial charge in [0.15, 0.2) is 6.10 Å². The number of aliphatic hydroxyl groups is 1. The number of esters is 2. The molecule has 0 bridgehead atoms. The molecule has 0 spiro atoms. The molecule has 78 heavy (non-hydrogen) atoms. The second-order valence-corrected chi connectivity index (χ2v) is 19.3. The zero-order chi connectivity index (χ0) is 56.2. The molecular formula is C73H110O5. The first-order chi connectivity index (χ1) is 38.6. The van der Waals surface area contributed by atoms with Gasteiger partial charge in [0.2, 0.25) is 0 Å². The number of ether oxygens (including phenoxy) is 2. The molecule has 0 radical (unpaired) electrons. The topological polar surface area (TPSA) is 72.8 Å². The maximum absolute atomic E-state index is 12.3. The fraction of sp³-hybridized carbons (Fsp3) is 0.507. The van der Waals surface area contributed by atoms with Gasteiger partial charge in [-0.2, -0.15) is 0 Å². The van der Waals surface area contributed by atoms with E-state index in [1.54, 1.807) is 0 Å². The number of allylic oxidation sites excluding steroid dienone is 34. The molecule has 1 N–H and O–H groups in total. The molecule has 1 atom stereocenters. The lowest BCUT2D eigenvalue weighted by Gasteiger charge is -2.15. The average molecular weight is 1070 g/mol. The van der Waals surface area contributed by atoms with Crippen molar-refractivity contribution in [3.05, 3.63) is 207 Å². The molecule has 0 aromatic rings. The molecular weight excluding hydrogens is 957 g/mol. The molecule has 0 aliphatic rings. The Morgan fingerprint density at radius 3 is 0.782 bits per heavy atom. The van der Waals surface area contributed by atoms with E-state index in [-0.39, 0.29) is 25.2 Å². The number of carbonyl (C=O) groups is 2. The van der Waals surface area contributed by atoms with Crippen molar-refractivity contribution in [3.8, 4) is 0 Å². The minimum Gasteiger partial charge on any atom is -0.462 e. The smallest absolute Gasteiger partial charge is 0.306 e. The van der Waals surface area contributed by atoms with Gasteiger partial charge < -0.3 is 14.6 Å². The van der Waals surface area contributed by atoms with E-state index in [9.17, 15) is 14.7 Å². The maximum Gasteiger partial charge on any atom is 0.306 e. The quantitative estimate of drug-likeness (QED) is 0.0373. The van der Waals surface area contributed by atoms with Crippen LogP contribution in [0.4, 0.5) is 0 Å². The van der Waals surface area contributed by atoms with Crippen LogP contribution in [0.2, 0.25) is 0 Å². The van der Waals surface area contributed by atoms with Gasteiger partial charge >= 0.3 is 11.9 Å². The van der Waals surface area contributed by atoms with Crippen LogP contribution in [0.5, 0.6) is 0 Å². The highest BCUT2D eigenvalue weighted by Gasteiger charge is 2.16. The van der Waals surface area contributed by atoms with Crippen LogP contribution in [-0.4, -0.2) is 36.4 Å². The highest BCUT2D eigenvalue weighted by atomic mass is 16.6. The summed E-state index contributed by atoms with van der Waals surface area (Å²) in [4.78, 5) is 24.6. The van der Waals surface area contributed by atoms with Crippen molar-refractivity contribution in [1.82, 2.24) is 0 Å². The Morgan fingerprint density at radius 1 is 0.295 bits per heavy atom. The summed E-state index contributed by atoms with van der Waals surface area (Å²) in [6.45, 7) is 3.86. The van der Waals surface area contributed by atoms with Crippen molar-refractivity contribution >= 4 is 11.9 Å². The van der Waals surface area contributed by atoms with Crippen molar-refractivity contribution < 1.29 is 24.2 Å². The van der Waals surface area contributed by atoms with Gasteiger partial charge in [-0.15, -0.1) is 0 Å². The molecule has 0 fully saturated rings. The summed E-state index contributed by atoms with van der Waals surface area (Å²) in [5.74, 6) is -0.656. The van der Waals surface area contributed by atoms with Gasteiger partial charge in [0, 0.05) is 12.8 Å². The van der Waals surface area contributed by atoms with Gasteiger partial charge in [-0.1, -0.05) is 265 Å². The Balaban J connectivity index is 3.68. The van der Waals surface area contributed by atoms with Crippen molar-refractivity contribution in [2.24, 2.45) is 0 Å². The first-order valence-corrected chi connectivity index (χ1v) is 30.6. The summed E-state index contributed by atoms with van der Waals surface area (Å²) in [7, 11) is 0. The lowest BCUT2D eigenvalue weighted by Crippen LogP contribution is -2.28. The number of rotatable bonds is 53. The van der Waals surface area contributed by atoms with E-state index in [1.807, 2.05) is 0 Å². The Bertz CT molecular complexity index is 1880. The van der Waals surface area contributed by atoms with E-state index in [4.69, 9.17) is 9.47 Å². The number of hydrogen-bond acceptors (Lipinski definition) is 5. The molecule has 0 aromatic heterocycles. The van der Waals surface area contributed by atoms with Gasteiger partial charge in [0.1, 0.15) is 6.61 Å². The van der Waals surface area contributed by atoms with Crippen molar-refractivity contribution in [2.75, 3.05) is 13.2 Å². The summed E-state index contributed by atoms with van der Waals surface area (Å²) < 4.78 is 10.7. The molecule has 5 nitrogen and oxygen atoms in total. The first-order valence-electron chi connectivity index (χ1n) is 30.6. The van der Waals surface area contributed by atoms with Crippen LogP contribution in [0.25, 0.3) is 0 Å². The van der Waals surface area contributed by atoms with Gasteiger partial charge in [-0.3, -0.25) is 9.59 Å². The highest BCUT2D eigenvalue weighted by molar-refractivity contribution is 5.70. The first kappa shape index (κ1) is 72.5. The molecule has 5 heteroatoms. The Morgan fingerprint density at radius 2 is 0.513 bits per heavy atom. The molecule has 0 rings (SSSR count). The van der Waals surface area contributed by atoms with Crippen LogP contribution in [0, 0.1) is 0 Å². The van der Waals surface area contributed by atoms with Crippen molar-refractivity contribution in [1.29, 1.82) is 0 Å². The zero-order valence-corrected chi connectivity index (χ0v) is 49.3. The molecule has 0 aliphatic carbocycles. The SMILES string of the molecule is CC/C=C\C/C=C\C/C=C\C/C=C\C/C=C\C/C=C\C/C=C\C/C=C\C/C=C\C/C=C\CCCCCCCCCCC(=O)OC(CO)COC(=O)CCCCC/C=C\C/C=C\C/C=C\C/C=C\C/C=C\C/C=C\C/C=C\CC. The van der Waals surface area contributed by atoms with Gasteiger partial charge in [0.05, 0.1) is 6.61 Å². The third kappa shape index (κ3) is 63.0. The predicted molar refractivity (Wildman–Crippen MR) is 342 cm³/mol. The lowest BCUT2D eigenvalue weighted by molar-refractivity contribution is -0.161. The summed E-state index contributed by atoms with van der Waals surface area (Å²) in [5, 5.41) is 9.67. The van der Waals surface area contributed by atoms with E-state index in [2.05, 4.69) is 220 Å². The van der Waals surface area contributed by atoms with Crippen LogP contribution in [0.3, 0.4) is 0 Å². The number of carbonyl (C=O) groups excluding carboxylic acids is 2. The monoisotopic (exact) mass is 1070 g/mol. The second kappa shape index (κ2) is 65.8. The average Bonchev–Trinajstić information content (AvgIpc) is 3.44. The Hall–Kier alpha value is -5.52. The molecule has 0 amide bonds. The van der Waals surface area contributed by atoms with Crippen LogP contribution < -0.4 is 0 Å². The Labute approximate surface area is 479 Å². The largest absolute Gasteiger partial charge is 0.462 e. The van der Waals surface area contributed by atoms with E-state index in [1.165, 1.54) is 32.1 Å². The van der Waals surface area contributed by atoms with Crippen LogP contribution in [0.15, 0.2) is 207 Å². The molecule has 0 saturated carbocycles. The summed E-state index contributed by atoms with van der Waals surface area (Å²) in [5.41, 5.74) is 0. The van der Waals surface area contributed by atoms with Gasteiger partial charge in [-0.25, -0.2) is 0 Å². The summed E-state index contributed by atoms with van der Waals surface area (Å²) in [6.07, 6.45) is 107. The van der Waals surface area contributed by atoms with Gasteiger partial charge in [-0.05, 0) is 148 Å². The fourth-order valence-corrected chi connectivity index (χ4v) is 7.56. The van der Waals surface area contributed by atoms with Crippen molar-refractivity contribution in [2.45, 2.75) is 225 Å². The molecule has 0 aromatic carbocycles.